The molecule has 0 atom stereocenters. The first-order valence-electron chi connectivity index (χ1n) is 7.70. The Bertz CT molecular complexity index is 859. The highest BCUT2D eigenvalue weighted by Crippen LogP contribution is 2.19. The normalized spacial score (nSPS) is 11.1. The van der Waals surface area contributed by atoms with E-state index in [2.05, 4.69) is 10.2 Å². The Hall–Kier alpha value is -2.98. The Labute approximate surface area is 140 Å². The number of nitrogens with one attached hydrogen (secondary N) is 1. The van der Waals surface area contributed by atoms with Gasteiger partial charge < -0.3 is 5.11 Å². The number of aromatic amines is 1. The lowest BCUT2D eigenvalue weighted by Gasteiger charge is -1.98. The van der Waals surface area contributed by atoms with Crippen molar-refractivity contribution in [2.45, 2.75) is 13.5 Å². The fourth-order valence-corrected chi connectivity index (χ4v) is 2.33. The summed E-state index contributed by atoms with van der Waals surface area (Å²) in [5.74, 6) is -0.0431. The van der Waals surface area contributed by atoms with Crippen LogP contribution < -0.4 is 0 Å². The van der Waals surface area contributed by atoms with Gasteiger partial charge in [-0.1, -0.05) is 54.1 Å². The zero-order valence-corrected chi connectivity index (χ0v) is 13.4. The number of rotatable bonds is 5. The van der Waals surface area contributed by atoms with Gasteiger partial charge in [0, 0.05) is 11.1 Å². The maximum absolute atomic E-state index is 12.1. The highest BCUT2D eigenvalue weighted by atomic mass is 16.3. The summed E-state index contributed by atoms with van der Waals surface area (Å²) < 4.78 is 0. The van der Waals surface area contributed by atoms with Gasteiger partial charge in [-0.05, 0) is 30.7 Å². The van der Waals surface area contributed by atoms with Gasteiger partial charge in [-0.15, -0.1) is 0 Å². The molecule has 4 heteroatoms. The number of ketones is 1. The highest BCUT2D eigenvalue weighted by molar-refractivity contribution is 6.06. The number of carbonyl (C=O) groups excluding carboxylic acids is 1. The van der Waals surface area contributed by atoms with E-state index < -0.39 is 0 Å². The van der Waals surface area contributed by atoms with Crippen LogP contribution in [0.4, 0.5) is 0 Å². The van der Waals surface area contributed by atoms with Crippen molar-refractivity contribution in [1.82, 2.24) is 10.2 Å². The molecule has 0 radical (unpaired) electrons. The second-order valence-corrected chi connectivity index (χ2v) is 5.63. The number of nitrogens with zero attached hydrogens (tertiary/aromatic N) is 1. The van der Waals surface area contributed by atoms with E-state index in [1.807, 2.05) is 61.5 Å². The summed E-state index contributed by atoms with van der Waals surface area (Å²) in [7, 11) is 0. The zero-order chi connectivity index (χ0) is 16.9. The van der Waals surface area contributed by atoms with Crippen LogP contribution in [0, 0.1) is 6.92 Å². The second kappa shape index (κ2) is 7.06. The standard InChI is InChI=1S/C20H18N2O2/c1-14-2-6-17(7-3-14)20(24)11-10-18-12-19(22-21-18)16-8-4-15(13-23)5-9-16/h2-12,23H,13H2,1H3,(H,21,22)/b11-10+. The lowest BCUT2D eigenvalue weighted by molar-refractivity contribution is 0.104. The van der Waals surface area contributed by atoms with Gasteiger partial charge in [-0.2, -0.15) is 5.10 Å². The third kappa shape index (κ3) is 3.67. The minimum absolute atomic E-state index is 0.0238. The number of aromatic nitrogens is 2. The predicted octanol–water partition coefficient (Wildman–Crippen LogP) is 3.77. The van der Waals surface area contributed by atoms with Gasteiger partial charge in [0.1, 0.15) is 0 Å². The van der Waals surface area contributed by atoms with Crippen LogP contribution in [0.3, 0.4) is 0 Å². The first-order valence-corrected chi connectivity index (χ1v) is 7.70. The van der Waals surface area contributed by atoms with E-state index in [1.54, 1.807) is 6.08 Å². The molecule has 0 saturated heterocycles. The van der Waals surface area contributed by atoms with Gasteiger partial charge in [-0.25, -0.2) is 0 Å². The molecule has 0 spiro atoms. The summed E-state index contributed by atoms with van der Waals surface area (Å²) in [6, 6.07) is 16.9. The lowest BCUT2D eigenvalue weighted by atomic mass is 10.1. The maximum atomic E-state index is 12.1. The molecule has 0 bridgehead atoms. The van der Waals surface area contributed by atoms with Crippen molar-refractivity contribution >= 4 is 11.9 Å². The van der Waals surface area contributed by atoms with Gasteiger partial charge in [0.15, 0.2) is 5.78 Å². The largest absolute Gasteiger partial charge is 0.392 e. The fourth-order valence-electron chi connectivity index (χ4n) is 2.33. The summed E-state index contributed by atoms with van der Waals surface area (Å²) in [5.41, 5.74) is 5.15. The van der Waals surface area contributed by atoms with Crippen molar-refractivity contribution in [1.29, 1.82) is 0 Å². The first kappa shape index (κ1) is 15.9. The molecule has 2 N–H and O–H groups in total. The van der Waals surface area contributed by atoms with Crippen LogP contribution in [0.2, 0.25) is 0 Å². The quantitative estimate of drug-likeness (QED) is 0.556. The lowest BCUT2D eigenvalue weighted by Crippen LogP contribution is -1.93. The van der Waals surface area contributed by atoms with Crippen molar-refractivity contribution < 1.29 is 9.90 Å². The van der Waals surface area contributed by atoms with Gasteiger partial charge >= 0.3 is 0 Å². The van der Waals surface area contributed by atoms with E-state index in [1.165, 1.54) is 6.08 Å². The van der Waals surface area contributed by atoms with Crippen molar-refractivity contribution in [2.75, 3.05) is 0 Å². The average molecular weight is 318 g/mol. The molecular formula is C20H18N2O2. The molecule has 2 aromatic carbocycles. The second-order valence-electron chi connectivity index (χ2n) is 5.63. The highest BCUT2D eigenvalue weighted by Gasteiger charge is 2.04. The van der Waals surface area contributed by atoms with E-state index in [-0.39, 0.29) is 12.4 Å². The predicted molar refractivity (Wildman–Crippen MR) is 94.5 cm³/mol. The summed E-state index contributed by atoms with van der Waals surface area (Å²) in [6.45, 7) is 2.01. The number of aliphatic hydroxyl groups excluding tert-OH is 1. The number of hydrogen-bond acceptors (Lipinski definition) is 3. The molecule has 0 aliphatic heterocycles. The van der Waals surface area contributed by atoms with Crippen LogP contribution in [-0.2, 0) is 6.61 Å². The third-order valence-electron chi connectivity index (χ3n) is 3.78. The molecule has 0 unspecified atom stereocenters. The van der Waals surface area contributed by atoms with Crippen molar-refractivity contribution in [2.24, 2.45) is 0 Å². The van der Waals surface area contributed by atoms with Gasteiger partial charge in [-0.3, -0.25) is 9.89 Å². The van der Waals surface area contributed by atoms with Gasteiger partial charge in [0.2, 0.25) is 0 Å². The van der Waals surface area contributed by atoms with E-state index in [0.717, 1.165) is 28.1 Å². The molecular weight excluding hydrogens is 300 g/mol. The number of carbonyl (C=O) groups is 1. The number of benzene rings is 2. The number of aryl methyl sites for hydroxylation is 1. The Kier molecular flexibility index (Phi) is 4.68. The number of H-pyrrole nitrogens is 1. The Balaban J connectivity index is 1.73. The molecule has 0 saturated carbocycles. The van der Waals surface area contributed by atoms with Crippen molar-refractivity contribution in [3.05, 3.63) is 83.1 Å². The van der Waals surface area contributed by atoms with Crippen LogP contribution >= 0.6 is 0 Å². The van der Waals surface area contributed by atoms with Crippen LogP contribution in [0.1, 0.15) is 27.2 Å². The minimum atomic E-state index is -0.0431. The first-order chi connectivity index (χ1) is 11.7. The molecule has 0 aliphatic carbocycles. The molecule has 3 aromatic rings. The van der Waals surface area contributed by atoms with E-state index >= 15 is 0 Å². The summed E-state index contributed by atoms with van der Waals surface area (Å²) in [5, 5.41) is 16.2. The molecule has 0 aliphatic rings. The van der Waals surface area contributed by atoms with Crippen LogP contribution in [-0.4, -0.2) is 21.1 Å². The summed E-state index contributed by atoms with van der Waals surface area (Å²) >= 11 is 0. The van der Waals surface area contributed by atoms with Crippen LogP contribution in [0.25, 0.3) is 17.3 Å². The number of aliphatic hydroxyl groups is 1. The van der Waals surface area contributed by atoms with Crippen LogP contribution in [0.5, 0.6) is 0 Å². The van der Waals surface area contributed by atoms with E-state index in [0.29, 0.717) is 5.56 Å². The van der Waals surface area contributed by atoms with E-state index in [4.69, 9.17) is 5.11 Å². The molecule has 24 heavy (non-hydrogen) atoms. The monoisotopic (exact) mass is 318 g/mol. The Morgan fingerprint density at radius 2 is 1.83 bits per heavy atom. The Morgan fingerprint density at radius 1 is 1.12 bits per heavy atom. The van der Waals surface area contributed by atoms with Gasteiger partial charge in [0.25, 0.3) is 0 Å². The SMILES string of the molecule is Cc1ccc(C(=O)/C=C/c2cc(-c3ccc(CO)cc3)n[nH]2)cc1. The summed E-state index contributed by atoms with van der Waals surface area (Å²) in [6.07, 6.45) is 3.26. The third-order valence-corrected chi connectivity index (χ3v) is 3.78. The number of allylic oxidation sites excluding steroid dienone is 1. The van der Waals surface area contributed by atoms with E-state index in [9.17, 15) is 4.79 Å². The van der Waals surface area contributed by atoms with Crippen molar-refractivity contribution in [3.63, 3.8) is 0 Å². The molecule has 0 amide bonds. The smallest absolute Gasteiger partial charge is 0.185 e. The summed E-state index contributed by atoms with van der Waals surface area (Å²) in [4.78, 5) is 12.1. The Morgan fingerprint density at radius 3 is 2.50 bits per heavy atom. The molecule has 1 heterocycles. The van der Waals surface area contributed by atoms with Crippen molar-refractivity contribution in [3.8, 4) is 11.3 Å². The topological polar surface area (TPSA) is 66.0 Å². The van der Waals surface area contributed by atoms with Gasteiger partial charge in [0.05, 0.1) is 18.0 Å². The van der Waals surface area contributed by atoms with Crippen LogP contribution in [0.15, 0.2) is 60.7 Å². The molecule has 120 valence electrons. The number of hydrogen-bond donors (Lipinski definition) is 2. The maximum Gasteiger partial charge on any atom is 0.185 e. The molecule has 0 fully saturated rings. The molecule has 3 rings (SSSR count). The zero-order valence-electron chi connectivity index (χ0n) is 13.4. The molecule has 1 aromatic heterocycles. The fraction of sp³-hybridized carbons (Fsp3) is 0.100. The minimum Gasteiger partial charge on any atom is -0.392 e. The average Bonchev–Trinajstić information content (AvgIpc) is 3.09. The molecule has 4 nitrogen and oxygen atoms in total.